The average Bonchev–Trinajstić information content (AvgIpc) is 2.42. The van der Waals surface area contributed by atoms with E-state index in [9.17, 15) is 9.18 Å². The maximum Gasteiger partial charge on any atom is 0.255 e. The number of hydrogen-bond donors (Lipinski definition) is 2. The maximum absolute atomic E-state index is 13.2. The molecule has 110 valence electrons. The molecule has 2 aromatic rings. The maximum atomic E-state index is 13.2. The summed E-state index contributed by atoms with van der Waals surface area (Å²) in [6.45, 7) is 2.57. The van der Waals surface area contributed by atoms with Gasteiger partial charge in [0.1, 0.15) is 16.8 Å². The SMILES string of the molecule is CCNc1cc(C(=O)Nc2cc(F)ccc2Br)cc(Cl)n1. The molecule has 0 bridgehead atoms. The van der Waals surface area contributed by atoms with Gasteiger partial charge < -0.3 is 10.6 Å². The average molecular weight is 373 g/mol. The minimum absolute atomic E-state index is 0.205. The topological polar surface area (TPSA) is 54.0 Å². The monoisotopic (exact) mass is 371 g/mol. The van der Waals surface area contributed by atoms with Crippen molar-refractivity contribution in [3.8, 4) is 0 Å². The van der Waals surface area contributed by atoms with Crippen molar-refractivity contribution in [3.63, 3.8) is 0 Å². The van der Waals surface area contributed by atoms with Crippen LogP contribution in [0.3, 0.4) is 0 Å². The van der Waals surface area contributed by atoms with Crippen LogP contribution in [0.25, 0.3) is 0 Å². The van der Waals surface area contributed by atoms with Crippen LogP contribution in [0.15, 0.2) is 34.8 Å². The van der Waals surface area contributed by atoms with Crippen molar-refractivity contribution in [2.75, 3.05) is 17.2 Å². The van der Waals surface area contributed by atoms with Crippen LogP contribution < -0.4 is 10.6 Å². The van der Waals surface area contributed by atoms with E-state index in [2.05, 4.69) is 31.5 Å². The minimum atomic E-state index is -0.436. The number of pyridine rings is 1. The Morgan fingerprint density at radius 2 is 2.14 bits per heavy atom. The van der Waals surface area contributed by atoms with Crippen LogP contribution >= 0.6 is 27.5 Å². The van der Waals surface area contributed by atoms with Gasteiger partial charge in [0.2, 0.25) is 0 Å². The Bertz CT molecular complexity index is 681. The van der Waals surface area contributed by atoms with Crippen LogP contribution in [-0.4, -0.2) is 17.4 Å². The Morgan fingerprint density at radius 3 is 2.86 bits per heavy atom. The quantitative estimate of drug-likeness (QED) is 0.786. The van der Waals surface area contributed by atoms with Crippen LogP contribution in [0.5, 0.6) is 0 Å². The first-order valence-electron chi connectivity index (χ1n) is 6.17. The van der Waals surface area contributed by atoms with E-state index in [0.29, 0.717) is 28.1 Å². The Balaban J connectivity index is 2.25. The summed E-state index contributed by atoms with van der Waals surface area (Å²) in [5.41, 5.74) is 0.681. The van der Waals surface area contributed by atoms with Gasteiger partial charge in [-0.15, -0.1) is 0 Å². The highest BCUT2D eigenvalue weighted by molar-refractivity contribution is 9.10. The van der Waals surface area contributed by atoms with E-state index < -0.39 is 11.7 Å². The number of nitrogens with one attached hydrogen (secondary N) is 2. The van der Waals surface area contributed by atoms with E-state index in [1.807, 2.05) is 6.92 Å². The van der Waals surface area contributed by atoms with Gasteiger partial charge >= 0.3 is 0 Å². The van der Waals surface area contributed by atoms with Crippen molar-refractivity contribution in [1.29, 1.82) is 0 Å². The third-order valence-electron chi connectivity index (χ3n) is 2.59. The molecule has 2 N–H and O–H groups in total. The zero-order valence-electron chi connectivity index (χ0n) is 11.1. The van der Waals surface area contributed by atoms with Gasteiger partial charge in [-0.25, -0.2) is 9.37 Å². The number of anilines is 2. The van der Waals surface area contributed by atoms with Crippen LogP contribution in [0.2, 0.25) is 5.15 Å². The van der Waals surface area contributed by atoms with E-state index in [0.717, 1.165) is 0 Å². The van der Waals surface area contributed by atoms with E-state index in [4.69, 9.17) is 11.6 Å². The molecule has 2 rings (SSSR count). The van der Waals surface area contributed by atoms with Gasteiger partial charge in [-0.3, -0.25) is 4.79 Å². The minimum Gasteiger partial charge on any atom is -0.370 e. The van der Waals surface area contributed by atoms with Crippen molar-refractivity contribution >= 4 is 44.9 Å². The predicted molar refractivity (Wildman–Crippen MR) is 85.5 cm³/mol. The molecular formula is C14H12BrClFN3O. The summed E-state index contributed by atoms with van der Waals surface area (Å²) in [4.78, 5) is 16.3. The fraction of sp³-hybridized carbons (Fsp3) is 0.143. The summed E-state index contributed by atoms with van der Waals surface area (Å²) in [6.07, 6.45) is 0. The first-order chi connectivity index (χ1) is 9.99. The second-order valence-corrected chi connectivity index (χ2v) is 5.41. The van der Waals surface area contributed by atoms with Crippen molar-refractivity contribution in [2.45, 2.75) is 6.92 Å². The summed E-state index contributed by atoms with van der Waals surface area (Å²) in [5, 5.41) is 5.81. The number of aromatic nitrogens is 1. The predicted octanol–water partition coefficient (Wildman–Crippen LogP) is 4.32. The summed E-state index contributed by atoms with van der Waals surface area (Å²) in [7, 11) is 0. The van der Waals surface area contributed by atoms with Crippen molar-refractivity contribution in [3.05, 3.63) is 51.3 Å². The van der Waals surface area contributed by atoms with E-state index >= 15 is 0 Å². The smallest absolute Gasteiger partial charge is 0.255 e. The molecule has 4 nitrogen and oxygen atoms in total. The highest BCUT2D eigenvalue weighted by atomic mass is 79.9. The van der Waals surface area contributed by atoms with Crippen LogP contribution in [0, 0.1) is 5.82 Å². The van der Waals surface area contributed by atoms with Gasteiger partial charge in [0.15, 0.2) is 0 Å². The lowest BCUT2D eigenvalue weighted by atomic mass is 10.2. The van der Waals surface area contributed by atoms with Crippen LogP contribution in [0.1, 0.15) is 17.3 Å². The molecule has 0 aliphatic carbocycles. The van der Waals surface area contributed by atoms with Gasteiger partial charge in [-0.2, -0.15) is 0 Å². The molecule has 1 amide bonds. The molecule has 1 aromatic carbocycles. The van der Waals surface area contributed by atoms with Gasteiger partial charge in [-0.05, 0) is 53.2 Å². The number of carbonyl (C=O) groups is 1. The van der Waals surface area contributed by atoms with Crippen molar-refractivity contribution in [1.82, 2.24) is 4.98 Å². The number of hydrogen-bond acceptors (Lipinski definition) is 3. The molecule has 0 radical (unpaired) electrons. The number of nitrogens with zero attached hydrogens (tertiary/aromatic N) is 1. The number of rotatable bonds is 4. The first kappa shape index (κ1) is 15.7. The number of halogens is 3. The molecule has 1 aromatic heterocycles. The number of carbonyl (C=O) groups excluding carboxylic acids is 1. The van der Waals surface area contributed by atoms with Gasteiger partial charge in [0, 0.05) is 16.6 Å². The summed E-state index contributed by atoms with van der Waals surface area (Å²) < 4.78 is 13.8. The summed E-state index contributed by atoms with van der Waals surface area (Å²) in [5.74, 6) is -0.326. The lowest BCUT2D eigenvalue weighted by Gasteiger charge is -2.09. The third kappa shape index (κ3) is 4.15. The molecule has 0 saturated carbocycles. The number of amides is 1. The molecule has 0 atom stereocenters. The van der Waals surface area contributed by atoms with Gasteiger partial charge in [0.25, 0.3) is 5.91 Å². The van der Waals surface area contributed by atoms with Crippen LogP contribution in [0.4, 0.5) is 15.9 Å². The van der Waals surface area contributed by atoms with Crippen molar-refractivity contribution < 1.29 is 9.18 Å². The molecule has 0 saturated heterocycles. The molecular weight excluding hydrogens is 361 g/mol. The van der Waals surface area contributed by atoms with E-state index in [1.54, 1.807) is 6.07 Å². The molecule has 0 spiro atoms. The molecule has 0 aliphatic rings. The zero-order valence-corrected chi connectivity index (χ0v) is 13.4. The fourth-order valence-electron chi connectivity index (χ4n) is 1.69. The zero-order chi connectivity index (χ0) is 15.4. The third-order valence-corrected chi connectivity index (χ3v) is 3.48. The highest BCUT2D eigenvalue weighted by Crippen LogP contribution is 2.24. The lowest BCUT2D eigenvalue weighted by molar-refractivity contribution is 0.102. The molecule has 0 unspecified atom stereocenters. The summed E-state index contributed by atoms with van der Waals surface area (Å²) >= 11 is 9.14. The second-order valence-electron chi connectivity index (χ2n) is 4.17. The first-order valence-corrected chi connectivity index (χ1v) is 7.34. The second kappa shape index (κ2) is 6.87. The van der Waals surface area contributed by atoms with Gasteiger partial charge in [0.05, 0.1) is 5.69 Å². The van der Waals surface area contributed by atoms with Gasteiger partial charge in [-0.1, -0.05) is 11.6 Å². The molecule has 0 fully saturated rings. The molecule has 7 heteroatoms. The lowest BCUT2D eigenvalue weighted by Crippen LogP contribution is -2.13. The van der Waals surface area contributed by atoms with E-state index in [1.165, 1.54) is 24.3 Å². The fourth-order valence-corrected chi connectivity index (χ4v) is 2.24. The normalized spacial score (nSPS) is 10.3. The molecule has 21 heavy (non-hydrogen) atoms. The number of benzene rings is 1. The summed E-state index contributed by atoms with van der Waals surface area (Å²) in [6, 6.07) is 7.08. The molecule has 0 aliphatic heterocycles. The standard InChI is InChI=1S/C14H12BrClFN3O/c1-2-18-13-6-8(5-12(16)20-13)14(21)19-11-7-9(17)3-4-10(11)15/h3-7H,2H2,1H3,(H,18,20)(H,19,21). The Kier molecular flexibility index (Phi) is 5.14. The highest BCUT2D eigenvalue weighted by Gasteiger charge is 2.11. The molecule has 1 heterocycles. The largest absolute Gasteiger partial charge is 0.370 e. The van der Waals surface area contributed by atoms with E-state index in [-0.39, 0.29) is 5.15 Å². The Hall–Kier alpha value is -1.66. The van der Waals surface area contributed by atoms with Crippen molar-refractivity contribution in [2.24, 2.45) is 0 Å². The Morgan fingerprint density at radius 1 is 1.38 bits per heavy atom. The Labute approximate surface area is 134 Å². The van der Waals surface area contributed by atoms with Crippen LogP contribution in [-0.2, 0) is 0 Å².